The van der Waals surface area contributed by atoms with Crippen molar-refractivity contribution in [3.05, 3.63) is 39.6 Å². The quantitative estimate of drug-likeness (QED) is 0.240. The Morgan fingerprint density at radius 1 is 1.16 bits per heavy atom. The summed E-state index contributed by atoms with van der Waals surface area (Å²) in [4.78, 5) is 21.5. The number of aryl methyl sites for hydroxylation is 1. The number of anilines is 2. The number of amides is 1. The molecule has 38 heavy (non-hydrogen) atoms. The van der Waals surface area contributed by atoms with Crippen LogP contribution in [0.4, 0.5) is 38.0 Å². The van der Waals surface area contributed by atoms with Gasteiger partial charge < -0.3 is 15.4 Å². The van der Waals surface area contributed by atoms with Crippen LogP contribution in [0.3, 0.4) is 0 Å². The van der Waals surface area contributed by atoms with Gasteiger partial charge in [0.2, 0.25) is 11.8 Å². The molecule has 15 heteroatoms. The van der Waals surface area contributed by atoms with Crippen LogP contribution in [0, 0.1) is 11.7 Å². The topological polar surface area (TPSA) is 81.1 Å². The number of hydrogen-bond donors (Lipinski definition) is 2. The van der Waals surface area contributed by atoms with Crippen LogP contribution in [0.2, 0.25) is 10.0 Å². The summed E-state index contributed by atoms with van der Waals surface area (Å²) in [7, 11) is 1.50. The van der Waals surface area contributed by atoms with Crippen molar-refractivity contribution in [3.63, 3.8) is 0 Å². The Morgan fingerprint density at radius 2 is 1.82 bits per heavy atom. The van der Waals surface area contributed by atoms with E-state index in [0.717, 1.165) is 0 Å². The number of nitrogens with zero attached hydrogens (tertiary/aromatic N) is 3. The fourth-order valence-electron chi connectivity index (χ4n) is 4.20. The van der Waals surface area contributed by atoms with Crippen molar-refractivity contribution in [2.24, 2.45) is 13.0 Å². The first-order chi connectivity index (χ1) is 17.8. The largest absolute Gasteiger partial charge is 0.471 e. The second-order valence-corrected chi connectivity index (χ2v) is 9.60. The number of imidazole rings is 1. The number of nitrogens with one attached hydrogen (secondary N) is 2. The van der Waals surface area contributed by atoms with E-state index in [1.807, 2.05) is 0 Å². The zero-order chi connectivity index (χ0) is 27.8. The molecule has 1 aliphatic rings. The lowest BCUT2D eigenvalue weighted by atomic mass is 9.85. The minimum Gasteiger partial charge on any atom is -0.471 e. The van der Waals surface area contributed by atoms with Crippen LogP contribution < -0.4 is 15.4 Å². The summed E-state index contributed by atoms with van der Waals surface area (Å²) in [5, 5.41) is 5.16. The number of aromatic nitrogens is 3. The standard InChI is InChI=1S/C23H21Cl2F6N5O2/c1-36-19-15(33-22(36)34-18-14(25)7-6-13(24)17(18)28)8-12(21(35-19)38-9-16(26)27)20(37)32-11-4-2-10(3-5-11)23(29,30)31/h6-8,10-11,16H,2-5,9H2,1H3,(H,32,37)(H,33,34). The first-order valence-electron chi connectivity index (χ1n) is 11.4. The zero-order valence-electron chi connectivity index (χ0n) is 19.7. The van der Waals surface area contributed by atoms with Crippen LogP contribution in [0.5, 0.6) is 5.88 Å². The predicted octanol–water partition coefficient (Wildman–Crippen LogP) is 6.65. The molecule has 0 atom stereocenters. The summed E-state index contributed by atoms with van der Waals surface area (Å²) in [5.74, 6) is -3.40. The molecule has 0 aliphatic heterocycles. The molecule has 1 fully saturated rings. The van der Waals surface area contributed by atoms with Gasteiger partial charge in [0.05, 0.1) is 21.7 Å². The van der Waals surface area contributed by atoms with Crippen molar-refractivity contribution < 1.29 is 35.9 Å². The summed E-state index contributed by atoms with van der Waals surface area (Å²) in [6, 6.07) is 3.35. The lowest BCUT2D eigenvalue weighted by Crippen LogP contribution is -2.40. The summed E-state index contributed by atoms with van der Waals surface area (Å²) in [6.07, 6.45) is -7.25. The molecule has 0 saturated heterocycles. The number of rotatable bonds is 7. The summed E-state index contributed by atoms with van der Waals surface area (Å²) < 4.78 is 85.6. The Labute approximate surface area is 222 Å². The van der Waals surface area contributed by atoms with E-state index in [9.17, 15) is 31.1 Å². The number of halogens is 8. The lowest BCUT2D eigenvalue weighted by Gasteiger charge is -2.30. The molecular weight excluding hydrogens is 563 g/mol. The molecule has 2 aromatic heterocycles. The summed E-state index contributed by atoms with van der Waals surface area (Å²) in [5.41, 5.74) is -0.159. The first kappa shape index (κ1) is 28.1. The van der Waals surface area contributed by atoms with Crippen LogP contribution in [0.15, 0.2) is 18.2 Å². The second kappa shape index (κ2) is 11.0. The minimum atomic E-state index is -4.30. The molecule has 0 spiro atoms. The highest BCUT2D eigenvalue weighted by Gasteiger charge is 2.41. The zero-order valence-corrected chi connectivity index (χ0v) is 21.2. The van der Waals surface area contributed by atoms with Gasteiger partial charge in [0.1, 0.15) is 11.1 Å². The highest BCUT2D eigenvalue weighted by atomic mass is 35.5. The molecule has 1 saturated carbocycles. The fourth-order valence-corrected chi connectivity index (χ4v) is 4.55. The van der Waals surface area contributed by atoms with E-state index in [2.05, 4.69) is 20.6 Å². The van der Waals surface area contributed by atoms with Crippen molar-refractivity contribution >= 4 is 51.9 Å². The van der Waals surface area contributed by atoms with E-state index >= 15 is 0 Å². The minimum absolute atomic E-state index is 0.00758. The fraction of sp³-hybridized carbons (Fsp3) is 0.435. The van der Waals surface area contributed by atoms with E-state index in [0.29, 0.717) is 0 Å². The Hall–Kier alpha value is -2.93. The van der Waals surface area contributed by atoms with Gasteiger partial charge in [0.25, 0.3) is 12.3 Å². The highest BCUT2D eigenvalue weighted by molar-refractivity contribution is 6.35. The SMILES string of the molecule is Cn1c(Nc2c(Cl)ccc(Cl)c2F)nc2cc(C(=O)NC3CCC(C(F)(F)F)CC3)c(OCC(F)F)nc21. The van der Waals surface area contributed by atoms with Crippen molar-refractivity contribution in [1.29, 1.82) is 0 Å². The molecule has 2 N–H and O–H groups in total. The molecule has 206 valence electrons. The molecule has 0 bridgehead atoms. The third kappa shape index (κ3) is 6.04. The monoisotopic (exact) mass is 583 g/mol. The molecule has 0 unspecified atom stereocenters. The Balaban J connectivity index is 1.63. The van der Waals surface area contributed by atoms with Gasteiger partial charge in [-0.25, -0.2) is 18.2 Å². The van der Waals surface area contributed by atoms with Crippen molar-refractivity contribution in [2.45, 2.75) is 44.3 Å². The Kier molecular flexibility index (Phi) is 8.17. The van der Waals surface area contributed by atoms with Crippen molar-refractivity contribution in [3.8, 4) is 5.88 Å². The van der Waals surface area contributed by atoms with E-state index < -0.39 is 48.8 Å². The van der Waals surface area contributed by atoms with Crippen LogP contribution in [0.1, 0.15) is 36.0 Å². The number of alkyl halides is 5. The van der Waals surface area contributed by atoms with Gasteiger partial charge in [-0.15, -0.1) is 0 Å². The summed E-state index contributed by atoms with van der Waals surface area (Å²) in [6.45, 7) is -1.05. The van der Waals surface area contributed by atoms with Crippen LogP contribution in [-0.2, 0) is 7.05 Å². The van der Waals surface area contributed by atoms with Gasteiger partial charge in [-0.05, 0) is 43.9 Å². The highest BCUT2D eigenvalue weighted by Crippen LogP contribution is 2.38. The first-order valence-corrected chi connectivity index (χ1v) is 12.2. The Morgan fingerprint density at radius 3 is 2.45 bits per heavy atom. The number of fused-ring (bicyclic) bond motifs is 1. The molecule has 2 heterocycles. The average Bonchev–Trinajstić information content (AvgIpc) is 3.16. The molecule has 1 aliphatic carbocycles. The smallest absolute Gasteiger partial charge is 0.391 e. The maximum Gasteiger partial charge on any atom is 0.391 e. The number of ether oxygens (including phenoxy) is 1. The van der Waals surface area contributed by atoms with Crippen molar-refractivity contribution in [1.82, 2.24) is 19.9 Å². The number of benzene rings is 1. The average molecular weight is 584 g/mol. The molecule has 1 aromatic carbocycles. The third-order valence-corrected chi connectivity index (χ3v) is 6.81. The third-order valence-electron chi connectivity index (χ3n) is 6.21. The maximum atomic E-state index is 14.5. The van der Waals surface area contributed by atoms with E-state index in [1.54, 1.807) is 0 Å². The van der Waals surface area contributed by atoms with E-state index in [4.69, 9.17) is 27.9 Å². The van der Waals surface area contributed by atoms with Gasteiger partial charge >= 0.3 is 6.18 Å². The Bertz CT molecular complexity index is 1340. The van der Waals surface area contributed by atoms with Crippen LogP contribution >= 0.6 is 23.2 Å². The lowest BCUT2D eigenvalue weighted by molar-refractivity contribution is -0.182. The second-order valence-electron chi connectivity index (χ2n) is 8.79. The normalized spacial score (nSPS) is 18.2. The molecule has 4 rings (SSSR count). The molecule has 1 amide bonds. The van der Waals surface area contributed by atoms with Gasteiger partial charge in [-0.2, -0.15) is 18.2 Å². The van der Waals surface area contributed by atoms with Crippen molar-refractivity contribution in [2.75, 3.05) is 11.9 Å². The van der Waals surface area contributed by atoms with Gasteiger partial charge in [-0.1, -0.05) is 23.2 Å². The molecule has 3 aromatic rings. The maximum absolute atomic E-state index is 14.5. The number of pyridine rings is 1. The van der Waals surface area contributed by atoms with E-state index in [1.165, 1.54) is 29.8 Å². The van der Waals surface area contributed by atoms with Gasteiger partial charge in [0.15, 0.2) is 18.1 Å². The van der Waals surface area contributed by atoms with Crippen LogP contribution in [-0.4, -0.2) is 45.7 Å². The molecular formula is C23H21Cl2F6N5O2. The van der Waals surface area contributed by atoms with Gasteiger partial charge in [0, 0.05) is 13.1 Å². The molecule has 0 radical (unpaired) electrons. The van der Waals surface area contributed by atoms with Gasteiger partial charge in [-0.3, -0.25) is 9.36 Å². The number of hydrogen-bond acceptors (Lipinski definition) is 5. The van der Waals surface area contributed by atoms with E-state index in [-0.39, 0.29) is 64.1 Å². The summed E-state index contributed by atoms with van der Waals surface area (Å²) >= 11 is 11.9. The predicted molar refractivity (Wildman–Crippen MR) is 129 cm³/mol. The molecule has 7 nitrogen and oxygen atoms in total. The number of carbonyl (C=O) groups is 1. The van der Waals surface area contributed by atoms with Crippen LogP contribution in [0.25, 0.3) is 11.2 Å². The number of carbonyl (C=O) groups excluding carboxylic acids is 1.